The molecular formula is C11H12F3N3O. The largest absolute Gasteiger partial charge is 0.414 e. The van der Waals surface area contributed by atoms with Crippen molar-refractivity contribution in [1.82, 2.24) is 14.5 Å². The molecule has 0 bridgehead atoms. The van der Waals surface area contributed by atoms with Gasteiger partial charge in [0, 0.05) is 19.2 Å². The zero-order valence-electron chi connectivity index (χ0n) is 9.65. The molecule has 0 aromatic carbocycles. The minimum atomic E-state index is -4.63. The molecule has 1 atom stereocenters. The molecule has 0 saturated carbocycles. The summed E-state index contributed by atoms with van der Waals surface area (Å²) in [5.74, 6) is 0.191. The van der Waals surface area contributed by atoms with Crippen LogP contribution in [0.1, 0.15) is 12.7 Å². The second-order valence-electron chi connectivity index (χ2n) is 3.88. The molecule has 1 unspecified atom stereocenters. The van der Waals surface area contributed by atoms with E-state index in [9.17, 15) is 13.2 Å². The molecule has 98 valence electrons. The number of aryl methyl sites for hydroxylation is 1. The van der Waals surface area contributed by atoms with Gasteiger partial charge < -0.3 is 9.67 Å². The van der Waals surface area contributed by atoms with Crippen molar-refractivity contribution in [3.8, 4) is 0 Å². The van der Waals surface area contributed by atoms with Crippen LogP contribution in [0.5, 0.6) is 0 Å². The minimum Gasteiger partial charge on any atom is -0.383 e. The van der Waals surface area contributed by atoms with Crippen molar-refractivity contribution in [2.45, 2.75) is 32.2 Å². The first-order valence-corrected chi connectivity index (χ1v) is 5.48. The highest BCUT2D eigenvalue weighted by Crippen LogP contribution is 2.24. The van der Waals surface area contributed by atoms with E-state index < -0.39 is 18.7 Å². The summed E-state index contributed by atoms with van der Waals surface area (Å²) in [6.07, 6.45) is -6.04. The van der Waals surface area contributed by atoms with Gasteiger partial charge in [0.25, 0.3) is 0 Å². The lowest BCUT2D eigenvalue weighted by Gasteiger charge is -2.14. The molecule has 18 heavy (non-hydrogen) atoms. The fraction of sp³-hybridized carbons (Fsp3) is 0.455. The van der Waals surface area contributed by atoms with Gasteiger partial charge in [-0.2, -0.15) is 13.2 Å². The van der Waals surface area contributed by atoms with Crippen molar-refractivity contribution in [2.24, 2.45) is 0 Å². The van der Waals surface area contributed by atoms with Crippen LogP contribution < -0.4 is 0 Å². The second kappa shape index (κ2) is 4.56. The number of halogens is 3. The standard InChI is InChI=1S/C11H12F3N3O/c1-2-17-9(6-8(18)11(12,13)14)16-7-4-3-5-15-10(7)17/h3-5,8,18H,2,6H2,1H3. The van der Waals surface area contributed by atoms with Crippen molar-refractivity contribution >= 4 is 11.2 Å². The molecule has 2 heterocycles. The van der Waals surface area contributed by atoms with E-state index in [1.807, 2.05) is 0 Å². The third-order valence-electron chi connectivity index (χ3n) is 2.65. The Morgan fingerprint density at radius 1 is 1.44 bits per heavy atom. The van der Waals surface area contributed by atoms with Gasteiger partial charge in [-0.3, -0.25) is 0 Å². The quantitative estimate of drug-likeness (QED) is 0.916. The molecule has 0 aliphatic rings. The number of alkyl halides is 3. The lowest BCUT2D eigenvalue weighted by Crippen LogP contribution is -2.31. The van der Waals surface area contributed by atoms with E-state index in [4.69, 9.17) is 5.11 Å². The highest BCUT2D eigenvalue weighted by molar-refractivity contribution is 5.71. The number of rotatable bonds is 3. The Hall–Kier alpha value is -1.63. The summed E-state index contributed by atoms with van der Waals surface area (Å²) in [6.45, 7) is 2.24. The van der Waals surface area contributed by atoms with Crippen LogP contribution in [-0.2, 0) is 13.0 Å². The summed E-state index contributed by atoms with van der Waals surface area (Å²) in [4.78, 5) is 8.16. The highest BCUT2D eigenvalue weighted by Gasteiger charge is 2.39. The van der Waals surface area contributed by atoms with Crippen molar-refractivity contribution in [1.29, 1.82) is 0 Å². The SMILES string of the molecule is CCn1c(CC(O)C(F)(F)F)nc2cccnc21. The number of imidazole rings is 1. The maximum Gasteiger partial charge on any atom is 0.414 e. The summed E-state index contributed by atoms with van der Waals surface area (Å²) < 4.78 is 38.5. The first-order chi connectivity index (χ1) is 8.43. The lowest BCUT2D eigenvalue weighted by molar-refractivity contribution is -0.203. The van der Waals surface area contributed by atoms with E-state index >= 15 is 0 Å². The Balaban J connectivity index is 2.39. The smallest absolute Gasteiger partial charge is 0.383 e. The maximum atomic E-state index is 12.3. The maximum absolute atomic E-state index is 12.3. The number of nitrogens with zero attached hydrogens (tertiary/aromatic N) is 3. The molecular weight excluding hydrogens is 247 g/mol. The van der Waals surface area contributed by atoms with Gasteiger partial charge in [0.05, 0.1) is 0 Å². The van der Waals surface area contributed by atoms with Crippen molar-refractivity contribution in [3.05, 3.63) is 24.2 Å². The summed E-state index contributed by atoms with van der Waals surface area (Å²) in [5.41, 5.74) is 1.06. The van der Waals surface area contributed by atoms with Gasteiger partial charge in [0.1, 0.15) is 11.3 Å². The zero-order chi connectivity index (χ0) is 13.3. The van der Waals surface area contributed by atoms with Gasteiger partial charge in [0.2, 0.25) is 0 Å². The van der Waals surface area contributed by atoms with Gasteiger partial charge in [0.15, 0.2) is 11.8 Å². The number of hydrogen-bond acceptors (Lipinski definition) is 3. The normalized spacial score (nSPS) is 14.1. The van der Waals surface area contributed by atoms with Gasteiger partial charge in [-0.05, 0) is 19.1 Å². The Morgan fingerprint density at radius 2 is 2.17 bits per heavy atom. The van der Waals surface area contributed by atoms with Crippen LogP contribution in [0, 0.1) is 0 Å². The van der Waals surface area contributed by atoms with Gasteiger partial charge in [-0.25, -0.2) is 9.97 Å². The fourth-order valence-corrected chi connectivity index (χ4v) is 1.78. The summed E-state index contributed by atoms with van der Waals surface area (Å²) in [6, 6.07) is 3.34. The van der Waals surface area contributed by atoms with Crippen LogP contribution in [0.2, 0.25) is 0 Å². The predicted octanol–water partition coefficient (Wildman–Crippen LogP) is 1.92. The molecule has 0 fully saturated rings. The number of aromatic nitrogens is 3. The molecule has 0 aliphatic heterocycles. The summed E-state index contributed by atoms with van der Waals surface area (Å²) >= 11 is 0. The first-order valence-electron chi connectivity index (χ1n) is 5.48. The van der Waals surface area contributed by atoms with E-state index in [1.165, 1.54) is 0 Å². The van der Waals surface area contributed by atoms with E-state index in [1.54, 1.807) is 29.8 Å². The van der Waals surface area contributed by atoms with Crippen molar-refractivity contribution in [3.63, 3.8) is 0 Å². The summed E-state index contributed by atoms with van der Waals surface area (Å²) in [5, 5.41) is 9.09. The highest BCUT2D eigenvalue weighted by atomic mass is 19.4. The molecule has 0 amide bonds. The Labute approximate surface area is 101 Å². The molecule has 0 aliphatic carbocycles. The molecule has 7 heteroatoms. The number of aliphatic hydroxyl groups is 1. The Morgan fingerprint density at radius 3 is 2.78 bits per heavy atom. The van der Waals surface area contributed by atoms with Crippen LogP contribution in [0.3, 0.4) is 0 Å². The fourth-order valence-electron chi connectivity index (χ4n) is 1.78. The van der Waals surface area contributed by atoms with Crippen LogP contribution in [0.4, 0.5) is 13.2 Å². The number of hydrogen-bond donors (Lipinski definition) is 1. The molecule has 0 radical (unpaired) electrons. The predicted molar refractivity (Wildman–Crippen MR) is 59.0 cm³/mol. The lowest BCUT2D eigenvalue weighted by atomic mass is 10.2. The van der Waals surface area contributed by atoms with Crippen molar-refractivity contribution in [2.75, 3.05) is 0 Å². The summed E-state index contributed by atoms with van der Waals surface area (Å²) in [7, 11) is 0. The number of fused-ring (bicyclic) bond motifs is 1. The third kappa shape index (κ3) is 2.31. The minimum absolute atomic E-state index is 0.191. The van der Waals surface area contributed by atoms with E-state index in [2.05, 4.69) is 9.97 Å². The van der Waals surface area contributed by atoms with E-state index in [-0.39, 0.29) is 5.82 Å². The van der Waals surface area contributed by atoms with Gasteiger partial charge in [-0.1, -0.05) is 0 Å². The second-order valence-corrected chi connectivity index (χ2v) is 3.88. The van der Waals surface area contributed by atoms with Gasteiger partial charge in [-0.15, -0.1) is 0 Å². The average Bonchev–Trinajstić information content (AvgIpc) is 2.64. The van der Waals surface area contributed by atoms with Crippen molar-refractivity contribution < 1.29 is 18.3 Å². The van der Waals surface area contributed by atoms with E-state index in [0.29, 0.717) is 17.7 Å². The van der Waals surface area contributed by atoms with Crippen LogP contribution in [-0.4, -0.2) is 31.9 Å². The Kier molecular flexibility index (Phi) is 3.25. The first kappa shape index (κ1) is 12.8. The number of aliphatic hydroxyl groups excluding tert-OH is 1. The molecule has 2 rings (SSSR count). The molecule has 2 aromatic rings. The van der Waals surface area contributed by atoms with Gasteiger partial charge >= 0.3 is 6.18 Å². The monoisotopic (exact) mass is 259 g/mol. The topological polar surface area (TPSA) is 50.9 Å². The molecule has 0 saturated heterocycles. The zero-order valence-corrected chi connectivity index (χ0v) is 9.65. The molecule has 4 nitrogen and oxygen atoms in total. The third-order valence-corrected chi connectivity index (χ3v) is 2.65. The van der Waals surface area contributed by atoms with E-state index in [0.717, 1.165) is 0 Å². The van der Waals surface area contributed by atoms with Crippen LogP contribution >= 0.6 is 0 Å². The Bertz CT molecular complexity index is 550. The molecule has 0 spiro atoms. The average molecular weight is 259 g/mol. The van der Waals surface area contributed by atoms with Crippen LogP contribution in [0.15, 0.2) is 18.3 Å². The molecule has 2 aromatic heterocycles. The molecule has 1 N–H and O–H groups in total. The van der Waals surface area contributed by atoms with Crippen LogP contribution in [0.25, 0.3) is 11.2 Å². The number of pyridine rings is 1.